The van der Waals surface area contributed by atoms with Crippen molar-refractivity contribution in [3.05, 3.63) is 38.5 Å². The van der Waals surface area contributed by atoms with Crippen LogP contribution in [0.4, 0.5) is 0 Å². The summed E-state index contributed by atoms with van der Waals surface area (Å²) in [5, 5.41) is 8.83. The van der Waals surface area contributed by atoms with Gasteiger partial charge in [-0.05, 0) is 48.5 Å². The third kappa shape index (κ3) is 25.5. The summed E-state index contributed by atoms with van der Waals surface area (Å²) in [6.45, 7) is 26.9. The van der Waals surface area contributed by atoms with Crippen molar-refractivity contribution >= 4 is 0 Å². The fraction of sp³-hybridized carbons (Fsp3) is 0.778. The van der Waals surface area contributed by atoms with Gasteiger partial charge in [0.25, 0.3) is 0 Å². The Kier molecular flexibility index (Phi) is 25.4. The topological polar surface area (TPSA) is 94.1 Å². The molecule has 7 unspecified atom stereocenters. The van der Waals surface area contributed by atoms with E-state index in [4.69, 9.17) is 43.0 Å². The van der Waals surface area contributed by atoms with Crippen LogP contribution in [-0.4, -0.2) is 94.1 Å². The SMILES string of the molecule is C=COC(C)COC(C)COC(C)COC(C)CO.C=COCC(C)OCC(C)OCC(C)OC=C. The summed E-state index contributed by atoms with van der Waals surface area (Å²) in [4.78, 5) is 0. The summed E-state index contributed by atoms with van der Waals surface area (Å²) in [5.41, 5.74) is 0. The normalized spacial score (nSPS) is 16.7. The van der Waals surface area contributed by atoms with Crippen molar-refractivity contribution in [2.75, 3.05) is 46.2 Å². The molecule has 0 fully saturated rings. The van der Waals surface area contributed by atoms with Crippen molar-refractivity contribution in [3.8, 4) is 0 Å². The van der Waals surface area contributed by atoms with Gasteiger partial charge in [-0.15, -0.1) is 0 Å². The maximum Gasteiger partial charge on any atom is 0.118 e. The van der Waals surface area contributed by atoms with Crippen LogP contribution in [0.1, 0.15) is 48.5 Å². The van der Waals surface area contributed by atoms with Crippen LogP contribution < -0.4 is 0 Å². The Morgan fingerprint density at radius 1 is 0.472 bits per heavy atom. The highest BCUT2D eigenvalue weighted by molar-refractivity contribution is 4.60. The minimum atomic E-state index is -0.156. The Morgan fingerprint density at radius 3 is 1.08 bits per heavy atom. The maximum atomic E-state index is 8.83. The van der Waals surface area contributed by atoms with E-state index in [0.717, 1.165) is 0 Å². The molecule has 0 aromatic rings. The molecule has 214 valence electrons. The zero-order valence-corrected chi connectivity index (χ0v) is 23.6. The summed E-state index contributed by atoms with van der Waals surface area (Å²) >= 11 is 0. The molecule has 0 aliphatic carbocycles. The second-order valence-corrected chi connectivity index (χ2v) is 8.63. The first-order valence-corrected chi connectivity index (χ1v) is 12.5. The minimum Gasteiger partial charge on any atom is -0.499 e. The molecule has 0 saturated carbocycles. The lowest BCUT2D eigenvalue weighted by Gasteiger charge is -2.20. The molecule has 0 aromatic carbocycles. The van der Waals surface area contributed by atoms with E-state index in [-0.39, 0.29) is 49.3 Å². The van der Waals surface area contributed by atoms with E-state index >= 15 is 0 Å². The van der Waals surface area contributed by atoms with Crippen molar-refractivity contribution in [1.29, 1.82) is 0 Å². The molecule has 0 amide bonds. The number of hydrogen-bond donors (Lipinski definition) is 1. The zero-order valence-electron chi connectivity index (χ0n) is 23.6. The number of aliphatic hydroxyl groups is 1. The molecule has 9 heteroatoms. The number of aliphatic hydroxyl groups excluding tert-OH is 1. The molecule has 0 aliphatic rings. The standard InChI is InChI=1S/C14H28O5.C13H24O4/c1-6-16-12(3)8-18-14(5)10-19-13(4)9-17-11(2)7-15;1-6-14-8-11(3)16-10-13(5)17-9-12(4)15-7-2/h6,11-15H,1,7-10H2,2-5H3;6-7,11-13H,1-2,8-10H2,3-5H3. The van der Waals surface area contributed by atoms with Gasteiger partial charge in [0.15, 0.2) is 0 Å². The van der Waals surface area contributed by atoms with Crippen molar-refractivity contribution in [2.45, 2.75) is 91.2 Å². The largest absolute Gasteiger partial charge is 0.499 e. The predicted octanol–water partition coefficient (Wildman–Crippen LogP) is 4.25. The molecule has 0 bridgehead atoms. The van der Waals surface area contributed by atoms with Gasteiger partial charge in [0.2, 0.25) is 0 Å². The summed E-state index contributed by atoms with van der Waals surface area (Å²) < 4.78 is 42.9. The molecule has 0 aliphatic heterocycles. The van der Waals surface area contributed by atoms with Crippen molar-refractivity contribution in [1.82, 2.24) is 0 Å². The molecular formula is C27H52O9. The molecular weight excluding hydrogens is 468 g/mol. The Bertz CT molecular complexity index is 517. The predicted molar refractivity (Wildman–Crippen MR) is 142 cm³/mol. The average Bonchev–Trinajstić information content (AvgIpc) is 2.86. The van der Waals surface area contributed by atoms with Gasteiger partial charge in [0, 0.05) is 0 Å². The highest BCUT2D eigenvalue weighted by Gasteiger charge is 2.11. The Morgan fingerprint density at radius 2 is 0.778 bits per heavy atom. The van der Waals surface area contributed by atoms with Gasteiger partial charge in [0.05, 0.1) is 88.9 Å². The first kappa shape index (κ1) is 36.5. The van der Waals surface area contributed by atoms with E-state index in [1.807, 2.05) is 48.5 Å². The highest BCUT2D eigenvalue weighted by Crippen LogP contribution is 2.02. The molecule has 7 atom stereocenters. The van der Waals surface area contributed by atoms with E-state index in [1.54, 1.807) is 0 Å². The molecule has 36 heavy (non-hydrogen) atoms. The molecule has 0 heterocycles. The van der Waals surface area contributed by atoms with Crippen molar-refractivity contribution < 1.29 is 43.0 Å². The Balaban J connectivity index is 0. The molecule has 0 rings (SSSR count). The smallest absolute Gasteiger partial charge is 0.118 e. The fourth-order valence-electron chi connectivity index (χ4n) is 2.35. The van der Waals surface area contributed by atoms with Gasteiger partial charge in [-0.1, -0.05) is 19.7 Å². The quantitative estimate of drug-likeness (QED) is 0.198. The van der Waals surface area contributed by atoms with Crippen LogP contribution in [0.5, 0.6) is 0 Å². The van der Waals surface area contributed by atoms with Gasteiger partial charge in [-0.3, -0.25) is 0 Å². The third-order valence-electron chi connectivity index (χ3n) is 4.44. The van der Waals surface area contributed by atoms with Crippen LogP contribution in [0, 0.1) is 0 Å². The number of hydrogen-bond acceptors (Lipinski definition) is 9. The van der Waals surface area contributed by atoms with Crippen LogP contribution in [0.25, 0.3) is 0 Å². The lowest BCUT2D eigenvalue weighted by atomic mass is 10.3. The van der Waals surface area contributed by atoms with Crippen molar-refractivity contribution in [2.24, 2.45) is 0 Å². The Labute approximate surface area is 219 Å². The fourth-order valence-corrected chi connectivity index (χ4v) is 2.35. The van der Waals surface area contributed by atoms with E-state index in [1.165, 1.54) is 18.8 Å². The van der Waals surface area contributed by atoms with Crippen LogP contribution in [0.2, 0.25) is 0 Å². The van der Waals surface area contributed by atoms with E-state index in [0.29, 0.717) is 39.6 Å². The lowest BCUT2D eigenvalue weighted by molar-refractivity contribution is -0.0832. The van der Waals surface area contributed by atoms with Crippen molar-refractivity contribution in [3.63, 3.8) is 0 Å². The lowest BCUT2D eigenvalue weighted by Crippen LogP contribution is -2.27. The van der Waals surface area contributed by atoms with Gasteiger partial charge in [0.1, 0.15) is 18.8 Å². The summed E-state index contributed by atoms with van der Waals surface area (Å²) in [6.07, 6.45) is 4.11. The monoisotopic (exact) mass is 520 g/mol. The molecule has 0 saturated heterocycles. The number of ether oxygens (including phenoxy) is 8. The Hall–Kier alpha value is -1.62. The van der Waals surface area contributed by atoms with Gasteiger partial charge in [-0.2, -0.15) is 0 Å². The third-order valence-corrected chi connectivity index (χ3v) is 4.44. The molecule has 0 aromatic heterocycles. The molecule has 0 spiro atoms. The number of rotatable bonds is 23. The van der Waals surface area contributed by atoms with Gasteiger partial charge in [-0.25, -0.2) is 0 Å². The van der Waals surface area contributed by atoms with Gasteiger partial charge < -0.3 is 43.0 Å². The summed E-state index contributed by atoms with van der Waals surface area (Å²) in [7, 11) is 0. The summed E-state index contributed by atoms with van der Waals surface area (Å²) in [5.74, 6) is 0. The first-order valence-electron chi connectivity index (χ1n) is 12.5. The van der Waals surface area contributed by atoms with E-state index in [9.17, 15) is 0 Å². The molecule has 9 nitrogen and oxygen atoms in total. The van der Waals surface area contributed by atoms with Crippen LogP contribution in [-0.2, 0) is 37.9 Å². The average molecular weight is 521 g/mol. The maximum absolute atomic E-state index is 8.83. The summed E-state index contributed by atoms with van der Waals surface area (Å²) in [6, 6.07) is 0. The highest BCUT2D eigenvalue weighted by atomic mass is 16.6. The van der Waals surface area contributed by atoms with E-state index in [2.05, 4.69) is 19.7 Å². The van der Waals surface area contributed by atoms with Crippen LogP contribution in [0.3, 0.4) is 0 Å². The molecule has 0 radical (unpaired) electrons. The second-order valence-electron chi connectivity index (χ2n) is 8.63. The minimum absolute atomic E-state index is 0.00594. The zero-order chi connectivity index (χ0) is 27.8. The first-order chi connectivity index (χ1) is 17.1. The van der Waals surface area contributed by atoms with E-state index < -0.39 is 0 Å². The second kappa shape index (κ2) is 25.0. The molecule has 1 N–H and O–H groups in total. The van der Waals surface area contributed by atoms with Gasteiger partial charge >= 0.3 is 0 Å². The van der Waals surface area contributed by atoms with Crippen LogP contribution in [0.15, 0.2) is 38.5 Å². The van der Waals surface area contributed by atoms with Crippen LogP contribution >= 0.6 is 0 Å².